The molecule has 1 aromatic carbocycles. The number of nitrogens with zero attached hydrogens (tertiary/aromatic N) is 1. The normalized spacial score (nSPS) is 19.2. The van der Waals surface area contributed by atoms with Gasteiger partial charge in [-0.05, 0) is 24.5 Å². The van der Waals surface area contributed by atoms with Gasteiger partial charge in [0.15, 0.2) is 0 Å². The molecule has 1 saturated carbocycles. The van der Waals surface area contributed by atoms with Crippen LogP contribution in [0.1, 0.15) is 19.8 Å². The summed E-state index contributed by atoms with van der Waals surface area (Å²) in [6, 6.07) is 7.61. The average molecular weight is 329 g/mol. The third kappa shape index (κ3) is 4.16. The molecule has 0 bridgehead atoms. The van der Waals surface area contributed by atoms with E-state index >= 15 is 0 Å². The molecule has 120 valence electrons. The van der Waals surface area contributed by atoms with Gasteiger partial charge >= 0.3 is 0 Å². The Hall–Kier alpha value is -2.21. The summed E-state index contributed by atoms with van der Waals surface area (Å²) >= 11 is 1.56. The molecule has 1 aliphatic carbocycles. The molecule has 6 heteroatoms. The van der Waals surface area contributed by atoms with E-state index in [1.807, 2.05) is 29.6 Å². The molecule has 1 aromatic heterocycles. The van der Waals surface area contributed by atoms with Crippen LogP contribution in [-0.4, -0.2) is 23.3 Å². The van der Waals surface area contributed by atoms with Crippen molar-refractivity contribution in [1.82, 2.24) is 10.3 Å². The minimum absolute atomic E-state index is 0.0658. The summed E-state index contributed by atoms with van der Waals surface area (Å²) < 4.78 is 0. The highest BCUT2D eigenvalue weighted by atomic mass is 32.1. The van der Waals surface area contributed by atoms with Crippen LogP contribution >= 0.6 is 11.3 Å². The summed E-state index contributed by atoms with van der Waals surface area (Å²) in [5.74, 6) is 0.590. The molecule has 5 nitrogen and oxygen atoms in total. The summed E-state index contributed by atoms with van der Waals surface area (Å²) in [5.41, 5.74) is 1.72. The third-order valence-electron chi connectivity index (χ3n) is 3.92. The molecule has 2 atom stereocenters. The number of hydrogen-bond acceptors (Lipinski definition) is 4. The van der Waals surface area contributed by atoms with Gasteiger partial charge in [0, 0.05) is 41.7 Å². The largest absolute Gasteiger partial charge is 0.355 e. The first kappa shape index (κ1) is 15.7. The zero-order valence-electron chi connectivity index (χ0n) is 12.9. The van der Waals surface area contributed by atoms with Crippen molar-refractivity contribution in [1.29, 1.82) is 0 Å². The highest BCUT2D eigenvalue weighted by Crippen LogP contribution is 2.37. The number of carbonyl (C=O) groups excluding carboxylic acids is 2. The number of hydrogen-bond donors (Lipinski definition) is 2. The van der Waals surface area contributed by atoms with E-state index in [2.05, 4.69) is 22.5 Å². The smallest absolute Gasteiger partial charge is 0.226 e. The van der Waals surface area contributed by atoms with Gasteiger partial charge in [0.05, 0.1) is 0 Å². The third-order valence-corrected chi connectivity index (χ3v) is 4.75. The van der Waals surface area contributed by atoms with Crippen LogP contribution < -0.4 is 10.6 Å². The Morgan fingerprint density at radius 3 is 2.91 bits per heavy atom. The van der Waals surface area contributed by atoms with Crippen molar-refractivity contribution in [3.8, 4) is 10.6 Å². The molecule has 2 amide bonds. The maximum Gasteiger partial charge on any atom is 0.226 e. The minimum atomic E-state index is -0.106. The van der Waals surface area contributed by atoms with Crippen molar-refractivity contribution in [3.05, 3.63) is 35.8 Å². The molecular formula is C17H19N3O2S. The molecule has 2 N–H and O–H groups in total. The Morgan fingerprint density at radius 2 is 2.22 bits per heavy atom. The first-order valence-electron chi connectivity index (χ1n) is 7.71. The highest BCUT2D eigenvalue weighted by Gasteiger charge is 2.38. The number of anilines is 1. The standard InChI is InChI=1S/C17H19N3O2S/c1-11-9-14(11)16(22)18-6-5-15(21)20-13-4-2-3-12(10-13)17-19-7-8-23-17/h2-4,7-8,10-11,14H,5-6,9H2,1H3,(H,18,22)(H,20,21)/t11-,14-/m0/s1. The summed E-state index contributed by atoms with van der Waals surface area (Å²) in [5, 5.41) is 8.52. The van der Waals surface area contributed by atoms with Crippen LogP contribution in [0.2, 0.25) is 0 Å². The second-order valence-electron chi connectivity index (χ2n) is 5.83. The summed E-state index contributed by atoms with van der Waals surface area (Å²) in [7, 11) is 0. The van der Waals surface area contributed by atoms with Gasteiger partial charge in [0.25, 0.3) is 0 Å². The molecule has 23 heavy (non-hydrogen) atoms. The van der Waals surface area contributed by atoms with Crippen LogP contribution in [0.3, 0.4) is 0 Å². The van der Waals surface area contributed by atoms with Crippen LogP contribution in [0.5, 0.6) is 0 Å². The van der Waals surface area contributed by atoms with E-state index in [4.69, 9.17) is 0 Å². The van der Waals surface area contributed by atoms with Crippen LogP contribution in [0, 0.1) is 11.8 Å². The number of benzene rings is 1. The number of amides is 2. The second-order valence-corrected chi connectivity index (χ2v) is 6.72. The van der Waals surface area contributed by atoms with Gasteiger partial charge in [-0.2, -0.15) is 0 Å². The maximum atomic E-state index is 12.0. The number of nitrogens with one attached hydrogen (secondary N) is 2. The fourth-order valence-electron chi connectivity index (χ4n) is 2.44. The Labute approximate surface area is 139 Å². The van der Waals surface area contributed by atoms with Gasteiger partial charge in [-0.1, -0.05) is 19.1 Å². The molecule has 1 aliphatic rings. The number of carbonyl (C=O) groups is 2. The lowest BCUT2D eigenvalue weighted by molar-refractivity contribution is -0.122. The molecule has 1 fully saturated rings. The molecule has 3 rings (SSSR count). The van der Waals surface area contributed by atoms with Crippen molar-refractivity contribution in [2.24, 2.45) is 11.8 Å². The van der Waals surface area contributed by atoms with E-state index in [9.17, 15) is 9.59 Å². The van der Waals surface area contributed by atoms with Crippen molar-refractivity contribution < 1.29 is 9.59 Å². The fraction of sp³-hybridized carbons (Fsp3) is 0.353. The molecule has 0 saturated heterocycles. The average Bonchev–Trinajstić information content (AvgIpc) is 3.03. The quantitative estimate of drug-likeness (QED) is 0.856. The lowest BCUT2D eigenvalue weighted by Crippen LogP contribution is -2.29. The second kappa shape index (κ2) is 6.91. The maximum absolute atomic E-state index is 12.0. The number of thiazole rings is 1. The van der Waals surface area contributed by atoms with E-state index in [1.165, 1.54) is 0 Å². The van der Waals surface area contributed by atoms with Gasteiger partial charge in [-0.25, -0.2) is 4.98 Å². The molecule has 1 heterocycles. The van der Waals surface area contributed by atoms with E-state index in [0.29, 0.717) is 12.5 Å². The van der Waals surface area contributed by atoms with E-state index in [1.54, 1.807) is 17.5 Å². The van der Waals surface area contributed by atoms with Gasteiger partial charge in [0.1, 0.15) is 5.01 Å². The predicted octanol–water partition coefficient (Wildman–Crippen LogP) is 2.91. The first-order chi connectivity index (χ1) is 11.1. The Morgan fingerprint density at radius 1 is 1.39 bits per heavy atom. The Balaban J connectivity index is 1.48. The molecular weight excluding hydrogens is 310 g/mol. The summed E-state index contributed by atoms with van der Waals surface area (Å²) in [6.07, 6.45) is 2.99. The molecule has 0 spiro atoms. The van der Waals surface area contributed by atoms with Gasteiger partial charge in [-0.3, -0.25) is 9.59 Å². The van der Waals surface area contributed by atoms with Crippen molar-refractivity contribution in [2.75, 3.05) is 11.9 Å². The Bertz CT molecular complexity index is 700. The summed E-state index contributed by atoms with van der Waals surface area (Å²) in [4.78, 5) is 27.9. The molecule has 0 radical (unpaired) electrons. The van der Waals surface area contributed by atoms with Crippen LogP contribution in [0.25, 0.3) is 10.6 Å². The zero-order chi connectivity index (χ0) is 16.2. The Kier molecular flexibility index (Phi) is 4.71. The first-order valence-corrected chi connectivity index (χ1v) is 8.59. The topological polar surface area (TPSA) is 71.1 Å². The number of aromatic nitrogens is 1. The number of rotatable bonds is 6. The molecule has 0 unspecified atom stereocenters. The van der Waals surface area contributed by atoms with Crippen molar-refractivity contribution in [3.63, 3.8) is 0 Å². The fourth-order valence-corrected chi connectivity index (χ4v) is 3.07. The SMILES string of the molecule is C[C@H]1C[C@@H]1C(=O)NCCC(=O)Nc1cccc(-c2nccs2)c1. The lowest BCUT2D eigenvalue weighted by Gasteiger charge is -2.07. The van der Waals surface area contributed by atoms with Crippen molar-refractivity contribution >= 4 is 28.8 Å². The zero-order valence-corrected chi connectivity index (χ0v) is 13.7. The minimum Gasteiger partial charge on any atom is -0.355 e. The lowest BCUT2D eigenvalue weighted by atomic mass is 10.2. The monoisotopic (exact) mass is 329 g/mol. The van der Waals surface area contributed by atoms with Crippen molar-refractivity contribution in [2.45, 2.75) is 19.8 Å². The molecule has 2 aromatic rings. The van der Waals surface area contributed by atoms with Gasteiger partial charge < -0.3 is 10.6 Å². The van der Waals surface area contributed by atoms with Gasteiger partial charge in [0.2, 0.25) is 11.8 Å². The van der Waals surface area contributed by atoms with Crippen LogP contribution in [0.4, 0.5) is 5.69 Å². The summed E-state index contributed by atoms with van der Waals surface area (Å²) in [6.45, 7) is 2.44. The van der Waals surface area contributed by atoms with E-state index < -0.39 is 0 Å². The van der Waals surface area contributed by atoms with E-state index in [-0.39, 0.29) is 24.2 Å². The molecule has 0 aliphatic heterocycles. The van der Waals surface area contributed by atoms with Crippen LogP contribution in [0.15, 0.2) is 35.8 Å². The van der Waals surface area contributed by atoms with Gasteiger partial charge in [-0.15, -0.1) is 11.3 Å². The highest BCUT2D eigenvalue weighted by molar-refractivity contribution is 7.13. The predicted molar refractivity (Wildman–Crippen MR) is 91.1 cm³/mol. The van der Waals surface area contributed by atoms with Crippen LogP contribution in [-0.2, 0) is 9.59 Å². The van der Waals surface area contributed by atoms with E-state index in [0.717, 1.165) is 22.7 Å².